The van der Waals surface area contributed by atoms with Gasteiger partial charge in [-0.1, -0.05) is 0 Å². The third-order valence-corrected chi connectivity index (χ3v) is 5.78. The molecule has 0 saturated carbocycles. The number of methoxy groups -OCH3 is 3. The quantitative estimate of drug-likeness (QED) is 0.783. The lowest BCUT2D eigenvalue weighted by Crippen LogP contribution is -2.40. The van der Waals surface area contributed by atoms with Crippen molar-refractivity contribution in [2.45, 2.75) is 32.1 Å². The largest absolute Gasteiger partial charge is 0.480 e. The SMILES string of the molecule is COCc1nc(OC)c2c(C)c(C(=O)N3CC(OC)CC3C(=O)O)sc2n1. The van der Waals surface area contributed by atoms with Crippen LogP contribution in [0.2, 0.25) is 0 Å². The first kappa shape index (κ1) is 19.5. The zero-order chi connectivity index (χ0) is 19.7. The van der Waals surface area contributed by atoms with Crippen molar-refractivity contribution in [1.82, 2.24) is 14.9 Å². The van der Waals surface area contributed by atoms with Gasteiger partial charge in [0.2, 0.25) is 5.88 Å². The molecule has 27 heavy (non-hydrogen) atoms. The van der Waals surface area contributed by atoms with E-state index in [1.165, 1.54) is 30.5 Å². The van der Waals surface area contributed by atoms with E-state index in [4.69, 9.17) is 14.2 Å². The molecule has 2 unspecified atom stereocenters. The smallest absolute Gasteiger partial charge is 0.326 e. The first-order chi connectivity index (χ1) is 12.9. The van der Waals surface area contributed by atoms with Gasteiger partial charge in [-0.2, -0.15) is 4.98 Å². The summed E-state index contributed by atoms with van der Waals surface area (Å²) in [6.45, 7) is 2.24. The maximum atomic E-state index is 13.1. The van der Waals surface area contributed by atoms with Gasteiger partial charge in [0.25, 0.3) is 5.91 Å². The van der Waals surface area contributed by atoms with Crippen molar-refractivity contribution >= 4 is 33.4 Å². The number of thiophene rings is 1. The third kappa shape index (κ3) is 3.47. The number of carbonyl (C=O) groups excluding carboxylic acids is 1. The Bertz CT molecular complexity index is 883. The van der Waals surface area contributed by atoms with E-state index in [-0.39, 0.29) is 31.6 Å². The molecule has 2 atom stereocenters. The summed E-state index contributed by atoms with van der Waals surface area (Å²) in [5, 5.41) is 10.1. The minimum atomic E-state index is -1.04. The molecule has 2 aromatic rings. The standard InChI is InChI=1S/C17H21N3O6S/c1-8-12-14(26-4)18-11(7-24-2)19-15(12)27-13(8)16(21)20-6-9(25-3)5-10(20)17(22)23/h9-10H,5-7H2,1-4H3,(H,22,23). The van der Waals surface area contributed by atoms with E-state index in [1.54, 1.807) is 14.0 Å². The summed E-state index contributed by atoms with van der Waals surface area (Å²) in [4.78, 5) is 35.8. The summed E-state index contributed by atoms with van der Waals surface area (Å²) >= 11 is 1.20. The van der Waals surface area contributed by atoms with Crippen LogP contribution in [0.1, 0.15) is 27.5 Å². The monoisotopic (exact) mass is 395 g/mol. The van der Waals surface area contributed by atoms with Crippen LogP contribution in [0.15, 0.2) is 0 Å². The van der Waals surface area contributed by atoms with Gasteiger partial charge in [0.1, 0.15) is 17.5 Å². The number of aryl methyl sites for hydroxylation is 1. The van der Waals surface area contributed by atoms with E-state index in [0.717, 1.165) is 0 Å². The van der Waals surface area contributed by atoms with E-state index >= 15 is 0 Å². The van der Waals surface area contributed by atoms with E-state index in [1.807, 2.05) is 0 Å². The minimum absolute atomic E-state index is 0.218. The van der Waals surface area contributed by atoms with Crippen molar-refractivity contribution in [3.05, 3.63) is 16.3 Å². The number of hydrogen-bond acceptors (Lipinski definition) is 8. The topological polar surface area (TPSA) is 111 Å². The Hall–Kier alpha value is -2.30. The molecule has 2 aromatic heterocycles. The molecule has 1 aliphatic heterocycles. The highest BCUT2D eigenvalue weighted by atomic mass is 32.1. The molecule has 0 spiro atoms. The number of hydrogen-bond donors (Lipinski definition) is 1. The van der Waals surface area contributed by atoms with Gasteiger partial charge in [-0.25, -0.2) is 9.78 Å². The Kier molecular flexibility index (Phi) is 5.59. The van der Waals surface area contributed by atoms with E-state index in [2.05, 4.69) is 9.97 Å². The fraction of sp³-hybridized carbons (Fsp3) is 0.529. The van der Waals surface area contributed by atoms with Crippen LogP contribution >= 0.6 is 11.3 Å². The number of amides is 1. The van der Waals surface area contributed by atoms with Crippen LogP contribution in [0.3, 0.4) is 0 Å². The van der Waals surface area contributed by atoms with Gasteiger partial charge >= 0.3 is 5.97 Å². The Morgan fingerprint density at radius 2 is 2.04 bits per heavy atom. The van der Waals surface area contributed by atoms with Gasteiger partial charge < -0.3 is 24.2 Å². The van der Waals surface area contributed by atoms with Crippen molar-refractivity contribution in [3.8, 4) is 5.88 Å². The summed E-state index contributed by atoms with van der Waals surface area (Å²) in [7, 11) is 4.56. The zero-order valence-electron chi connectivity index (χ0n) is 15.5. The van der Waals surface area contributed by atoms with Crippen LogP contribution in [-0.4, -0.2) is 71.9 Å². The van der Waals surface area contributed by atoms with Crippen molar-refractivity contribution in [2.75, 3.05) is 27.9 Å². The number of aliphatic carboxylic acids is 1. The van der Waals surface area contributed by atoms with E-state index in [0.29, 0.717) is 32.4 Å². The van der Waals surface area contributed by atoms with Crippen LogP contribution in [0.25, 0.3) is 10.2 Å². The molecule has 1 N–H and O–H groups in total. The van der Waals surface area contributed by atoms with Crippen molar-refractivity contribution < 1.29 is 28.9 Å². The maximum Gasteiger partial charge on any atom is 0.326 e. The first-order valence-electron chi connectivity index (χ1n) is 8.30. The number of likely N-dealkylation sites (tertiary alicyclic amines) is 1. The molecule has 0 radical (unpaired) electrons. The van der Waals surface area contributed by atoms with E-state index in [9.17, 15) is 14.7 Å². The summed E-state index contributed by atoms with van der Waals surface area (Å²) in [5.74, 6) is -0.573. The average molecular weight is 395 g/mol. The molecule has 0 bridgehead atoms. The lowest BCUT2D eigenvalue weighted by atomic mass is 10.1. The molecule has 3 heterocycles. The number of carboxylic acids is 1. The molecule has 146 valence electrons. The Morgan fingerprint density at radius 1 is 1.30 bits per heavy atom. The van der Waals surface area contributed by atoms with Crippen LogP contribution in [-0.2, 0) is 20.9 Å². The van der Waals surface area contributed by atoms with Gasteiger partial charge in [-0.05, 0) is 12.5 Å². The van der Waals surface area contributed by atoms with Crippen LogP contribution in [0.5, 0.6) is 5.88 Å². The number of fused-ring (bicyclic) bond motifs is 1. The molecule has 10 heteroatoms. The number of ether oxygens (including phenoxy) is 3. The first-order valence-corrected chi connectivity index (χ1v) is 9.12. The normalized spacial score (nSPS) is 19.6. The van der Waals surface area contributed by atoms with Crippen molar-refractivity contribution in [1.29, 1.82) is 0 Å². The number of carbonyl (C=O) groups is 2. The van der Waals surface area contributed by atoms with Crippen LogP contribution in [0, 0.1) is 6.92 Å². The van der Waals surface area contributed by atoms with Gasteiger partial charge in [-0.15, -0.1) is 11.3 Å². The highest BCUT2D eigenvalue weighted by Gasteiger charge is 2.41. The Balaban J connectivity index is 2.04. The molecule has 3 rings (SSSR count). The second kappa shape index (κ2) is 7.75. The van der Waals surface area contributed by atoms with Gasteiger partial charge in [0, 0.05) is 27.2 Å². The number of aromatic nitrogens is 2. The molecule has 1 fully saturated rings. The van der Waals surface area contributed by atoms with Gasteiger partial charge in [-0.3, -0.25) is 4.79 Å². The van der Waals surface area contributed by atoms with Crippen molar-refractivity contribution in [2.24, 2.45) is 0 Å². The average Bonchev–Trinajstić information content (AvgIpc) is 3.23. The summed E-state index contributed by atoms with van der Waals surface area (Å²) in [6.07, 6.45) is -0.0322. The highest BCUT2D eigenvalue weighted by Crippen LogP contribution is 2.36. The van der Waals surface area contributed by atoms with E-state index < -0.39 is 12.0 Å². The summed E-state index contributed by atoms with van der Waals surface area (Å²) < 4.78 is 15.7. The highest BCUT2D eigenvalue weighted by molar-refractivity contribution is 7.20. The Morgan fingerprint density at radius 3 is 2.63 bits per heavy atom. The lowest BCUT2D eigenvalue weighted by molar-refractivity contribution is -0.141. The molecule has 9 nitrogen and oxygen atoms in total. The maximum absolute atomic E-state index is 13.1. The third-order valence-electron chi connectivity index (χ3n) is 4.61. The predicted molar refractivity (Wildman–Crippen MR) is 97.3 cm³/mol. The predicted octanol–water partition coefficient (Wildman–Crippen LogP) is 1.47. The van der Waals surface area contributed by atoms with Gasteiger partial charge in [0.15, 0.2) is 5.82 Å². The fourth-order valence-electron chi connectivity index (χ4n) is 3.25. The molecule has 1 amide bonds. The number of rotatable bonds is 6. The second-order valence-corrected chi connectivity index (χ2v) is 7.22. The molecular formula is C17H21N3O6S. The number of carboxylic acid groups (broad SMARTS) is 1. The van der Waals surface area contributed by atoms with Gasteiger partial charge in [0.05, 0.1) is 23.5 Å². The number of nitrogens with zero attached hydrogens (tertiary/aromatic N) is 3. The summed E-state index contributed by atoms with van der Waals surface area (Å²) in [6, 6.07) is -0.913. The Labute approximate surface area is 159 Å². The van der Waals surface area contributed by atoms with Crippen LogP contribution in [0.4, 0.5) is 0 Å². The summed E-state index contributed by atoms with van der Waals surface area (Å²) in [5.41, 5.74) is 0.672. The molecule has 1 saturated heterocycles. The fourth-order valence-corrected chi connectivity index (χ4v) is 4.39. The zero-order valence-corrected chi connectivity index (χ0v) is 16.3. The second-order valence-electron chi connectivity index (χ2n) is 6.22. The van der Waals surface area contributed by atoms with Crippen molar-refractivity contribution in [3.63, 3.8) is 0 Å². The molecule has 0 aliphatic carbocycles. The molecule has 1 aliphatic rings. The van der Waals surface area contributed by atoms with Crippen LogP contribution < -0.4 is 4.74 Å². The molecule has 0 aromatic carbocycles. The molecular weight excluding hydrogens is 374 g/mol. The lowest BCUT2D eigenvalue weighted by Gasteiger charge is -2.20. The minimum Gasteiger partial charge on any atom is -0.480 e.